The van der Waals surface area contributed by atoms with Crippen LogP contribution in [0.5, 0.6) is 0 Å². The molecule has 0 saturated carbocycles. The quantitative estimate of drug-likeness (QED) is 0.835. The van der Waals surface area contributed by atoms with Crippen molar-refractivity contribution in [1.82, 2.24) is 9.80 Å². The first-order valence-electron chi connectivity index (χ1n) is 6.63. The monoisotopic (exact) mass is 256 g/mol. The third kappa shape index (κ3) is 3.15. The van der Waals surface area contributed by atoms with E-state index in [1.165, 1.54) is 0 Å². The Hall–Kier alpha value is -1.26. The molecule has 1 N–H and O–H groups in total. The van der Waals surface area contributed by atoms with E-state index in [0.717, 1.165) is 12.8 Å². The highest BCUT2D eigenvalue weighted by atomic mass is 16.4. The third-order valence-corrected chi connectivity index (χ3v) is 3.87. The average Bonchev–Trinajstić information content (AvgIpc) is 2.69. The Balaban J connectivity index is 2.61. The molecule has 0 spiro atoms. The number of rotatable bonds is 4. The van der Waals surface area contributed by atoms with Gasteiger partial charge in [-0.05, 0) is 19.3 Å². The summed E-state index contributed by atoms with van der Waals surface area (Å²) in [6.07, 6.45) is 2.00. The number of likely N-dealkylation sites (tertiary alicyclic amines) is 1. The molecule has 104 valence electrons. The molecule has 0 aliphatic carbocycles. The summed E-state index contributed by atoms with van der Waals surface area (Å²) in [4.78, 5) is 26.7. The molecule has 5 nitrogen and oxygen atoms in total. The van der Waals surface area contributed by atoms with Crippen molar-refractivity contribution in [2.75, 3.05) is 20.1 Å². The molecule has 5 heteroatoms. The Bertz CT molecular complexity index is 319. The molecule has 1 fully saturated rings. The highest BCUT2D eigenvalue weighted by Crippen LogP contribution is 2.24. The van der Waals surface area contributed by atoms with Gasteiger partial charge in [-0.2, -0.15) is 0 Å². The van der Waals surface area contributed by atoms with Gasteiger partial charge in [0.05, 0.1) is 5.92 Å². The Labute approximate surface area is 109 Å². The molecule has 1 aliphatic heterocycles. The van der Waals surface area contributed by atoms with Crippen LogP contribution in [0.3, 0.4) is 0 Å². The third-order valence-electron chi connectivity index (χ3n) is 3.87. The molecule has 18 heavy (non-hydrogen) atoms. The minimum atomic E-state index is -0.804. The van der Waals surface area contributed by atoms with E-state index in [1.807, 2.05) is 13.8 Å². The van der Waals surface area contributed by atoms with Crippen LogP contribution in [0.2, 0.25) is 0 Å². The molecular weight excluding hydrogens is 232 g/mol. The second-order valence-corrected chi connectivity index (χ2v) is 5.36. The summed E-state index contributed by atoms with van der Waals surface area (Å²) in [6.45, 7) is 6.88. The molecule has 1 unspecified atom stereocenters. The molecule has 2 amide bonds. The van der Waals surface area contributed by atoms with Gasteiger partial charge in [0.25, 0.3) is 0 Å². The van der Waals surface area contributed by atoms with Crippen molar-refractivity contribution in [3.8, 4) is 0 Å². The molecule has 0 aromatic rings. The topological polar surface area (TPSA) is 60.9 Å². The van der Waals surface area contributed by atoms with Gasteiger partial charge in [0.2, 0.25) is 0 Å². The molecule has 1 aliphatic rings. The standard InChI is InChI=1S/C13H24N2O3/c1-5-6-10(3)14(4)13(18)15-7-9(2)11(8-15)12(16)17/h9-11H,5-8H2,1-4H3,(H,16,17)/t9-,10?,11-/m1/s1. The summed E-state index contributed by atoms with van der Waals surface area (Å²) in [5.41, 5.74) is 0. The van der Waals surface area contributed by atoms with Crippen molar-refractivity contribution < 1.29 is 14.7 Å². The Morgan fingerprint density at radius 2 is 2.06 bits per heavy atom. The second-order valence-electron chi connectivity index (χ2n) is 5.36. The average molecular weight is 256 g/mol. The van der Waals surface area contributed by atoms with Crippen LogP contribution in [0.25, 0.3) is 0 Å². The van der Waals surface area contributed by atoms with Crippen molar-refractivity contribution in [2.24, 2.45) is 11.8 Å². The van der Waals surface area contributed by atoms with Crippen LogP contribution in [0, 0.1) is 11.8 Å². The van der Waals surface area contributed by atoms with E-state index in [2.05, 4.69) is 6.92 Å². The molecule has 0 aromatic heterocycles. The lowest BCUT2D eigenvalue weighted by molar-refractivity contribution is -0.142. The number of hydrogen-bond donors (Lipinski definition) is 1. The largest absolute Gasteiger partial charge is 0.481 e. The first kappa shape index (κ1) is 14.8. The van der Waals surface area contributed by atoms with Gasteiger partial charge in [-0.25, -0.2) is 4.79 Å². The van der Waals surface area contributed by atoms with Crippen LogP contribution in [-0.2, 0) is 4.79 Å². The molecule has 1 rings (SSSR count). The predicted octanol–water partition coefficient (Wildman–Crippen LogP) is 1.88. The van der Waals surface area contributed by atoms with Gasteiger partial charge in [0.15, 0.2) is 0 Å². The number of carbonyl (C=O) groups is 2. The lowest BCUT2D eigenvalue weighted by Crippen LogP contribution is -2.44. The Morgan fingerprint density at radius 3 is 2.50 bits per heavy atom. The van der Waals surface area contributed by atoms with Gasteiger partial charge < -0.3 is 14.9 Å². The molecule has 0 radical (unpaired) electrons. The smallest absolute Gasteiger partial charge is 0.320 e. The second kappa shape index (κ2) is 6.07. The zero-order chi connectivity index (χ0) is 13.9. The zero-order valence-electron chi connectivity index (χ0n) is 11.7. The maximum absolute atomic E-state index is 12.2. The number of aliphatic carboxylic acids is 1. The number of hydrogen-bond acceptors (Lipinski definition) is 2. The van der Waals surface area contributed by atoms with Crippen molar-refractivity contribution in [3.05, 3.63) is 0 Å². The van der Waals surface area contributed by atoms with E-state index in [1.54, 1.807) is 16.8 Å². The van der Waals surface area contributed by atoms with E-state index < -0.39 is 11.9 Å². The Kier molecular flexibility index (Phi) is 4.99. The number of carboxylic acid groups (broad SMARTS) is 1. The molecule has 0 aromatic carbocycles. The first-order chi connectivity index (χ1) is 8.38. The van der Waals surface area contributed by atoms with Crippen LogP contribution in [0.4, 0.5) is 4.79 Å². The van der Waals surface area contributed by atoms with Crippen molar-refractivity contribution in [3.63, 3.8) is 0 Å². The highest BCUT2D eigenvalue weighted by molar-refractivity contribution is 5.77. The normalized spacial score (nSPS) is 25.0. The summed E-state index contributed by atoms with van der Waals surface area (Å²) in [6, 6.07) is 0.147. The van der Waals surface area contributed by atoms with E-state index in [4.69, 9.17) is 5.11 Å². The number of carboxylic acids is 1. The highest BCUT2D eigenvalue weighted by Gasteiger charge is 2.38. The molecule has 1 saturated heterocycles. The van der Waals surface area contributed by atoms with Crippen LogP contribution < -0.4 is 0 Å². The van der Waals surface area contributed by atoms with Crippen LogP contribution in [0.1, 0.15) is 33.6 Å². The lowest BCUT2D eigenvalue weighted by atomic mass is 9.99. The first-order valence-corrected chi connectivity index (χ1v) is 6.63. The van der Waals surface area contributed by atoms with E-state index in [-0.39, 0.29) is 18.0 Å². The van der Waals surface area contributed by atoms with Gasteiger partial charge in [0.1, 0.15) is 0 Å². The fourth-order valence-corrected chi connectivity index (χ4v) is 2.47. The minimum Gasteiger partial charge on any atom is -0.481 e. The number of nitrogens with zero attached hydrogens (tertiary/aromatic N) is 2. The zero-order valence-corrected chi connectivity index (χ0v) is 11.7. The van der Waals surface area contributed by atoms with Gasteiger partial charge in [-0.3, -0.25) is 4.79 Å². The number of carbonyl (C=O) groups excluding carboxylic acids is 1. The Morgan fingerprint density at radius 1 is 1.44 bits per heavy atom. The van der Waals surface area contributed by atoms with Gasteiger partial charge in [-0.1, -0.05) is 20.3 Å². The fraction of sp³-hybridized carbons (Fsp3) is 0.846. The summed E-state index contributed by atoms with van der Waals surface area (Å²) >= 11 is 0. The maximum Gasteiger partial charge on any atom is 0.320 e. The summed E-state index contributed by atoms with van der Waals surface area (Å²) in [5, 5.41) is 9.06. The van der Waals surface area contributed by atoms with Gasteiger partial charge in [0, 0.05) is 26.2 Å². The van der Waals surface area contributed by atoms with Crippen molar-refractivity contribution in [1.29, 1.82) is 0 Å². The van der Waals surface area contributed by atoms with E-state index >= 15 is 0 Å². The molecular formula is C13H24N2O3. The minimum absolute atomic E-state index is 0.0290. The SMILES string of the molecule is CCCC(C)N(C)C(=O)N1C[C@@H](C)[C@H](C(=O)O)C1. The van der Waals surface area contributed by atoms with E-state index in [9.17, 15) is 9.59 Å². The van der Waals surface area contributed by atoms with Gasteiger partial charge >= 0.3 is 12.0 Å². The van der Waals surface area contributed by atoms with Crippen LogP contribution in [0.15, 0.2) is 0 Å². The fourth-order valence-electron chi connectivity index (χ4n) is 2.47. The van der Waals surface area contributed by atoms with Gasteiger partial charge in [-0.15, -0.1) is 0 Å². The summed E-state index contributed by atoms with van der Waals surface area (Å²) in [5.74, 6) is -1.20. The maximum atomic E-state index is 12.2. The summed E-state index contributed by atoms with van der Waals surface area (Å²) < 4.78 is 0. The molecule has 1 heterocycles. The molecule has 0 bridgehead atoms. The summed E-state index contributed by atoms with van der Waals surface area (Å²) in [7, 11) is 1.79. The van der Waals surface area contributed by atoms with Crippen LogP contribution >= 0.6 is 0 Å². The van der Waals surface area contributed by atoms with Crippen LogP contribution in [-0.4, -0.2) is 53.1 Å². The number of amides is 2. The number of urea groups is 1. The van der Waals surface area contributed by atoms with E-state index in [0.29, 0.717) is 13.1 Å². The predicted molar refractivity (Wildman–Crippen MR) is 69.4 cm³/mol. The van der Waals surface area contributed by atoms with Crippen molar-refractivity contribution >= 4 is 12.0 Å². The lowest BCUT2D eigenvalue weighted by Gasteiger charge is -2.29. The van der Waals surface area contributed by atoms with Crippen molar-refractivity contribution in [2.45, 2.75) is 39.7 Å². The molecule has 3 atom stereocenters.